The van der Waals surface area contributed by atoms with Gasteiger partial charge in [-0.05, 0) is 0 Å². The highest BCUT2D eigenvalue weighted by atomic mass is 19.4. The number of carbonyl (C=O) groups is 2. The number of alkyl halides is 3. The van der Waals surface area contributed by atoms with Crippen molar-refractivity contribution >= 4 is 11.9 Å². The molecule has 1 aromatic rings. The molecular formula is C7H7F3N4O3. The summed E-state index contributed by atoms with van der Waals surface area (Å²) < 4.78 is 36.9. The first kappa shape index (κ1) is 12.9. The molecule has 0 aromatic carbocycles. The van der Waals surface area contributed by atoms with Crippen LogP contribution in [0.5, 0.6) is 0 Å². The number of nitrogens with one attached hydrogen (secondary N) is 1. The van der Waals surface area contributed by atoms with Gasteiger partial charge in [-0.2, -0.15) is 13.2 Å². The molecule has 0 aliphatic heterocycles. The van der Waals surface area contributed by atoms with Gasteiger partial charge in [0.15, 0.2) is 6.04 Å². The average molecular weight is 252 g/mol. The van der Waals surface area contributed by atoms with Crippen LogP contribution >= 0.6 is 0 Å². The molecule has 2 N–H and O–H groups in total. The van der Waals surface area contributed by atoms with Gasteiger partial charge < -0.3 is 10.4 Å². The molecule has 0 saturated heterocycles. The summed E-state index contributed by atoms with van der Waals surface area (Å²) >= 11 is 0. The summed E-state index contributed by atoms with van der Waals surface area (Å²) in [6.45, 7) is 0. The van der Waals surface area contributed by atoms with E-state index in [-0.39, 0.29) is 5.69 Å². The van der Waals surface area contributed by atoms with Gasteiger partial charge in [0, 0.05) is 7.05 Å². The van der Waals surface area contributed by atoms with Crippen LogP contribution in [0.25, 0.3) is 0 Å². The Morgan fingerprint density at radius 1 is 1.53 bits per heavy atom. The summed E-state index contributed by atoms with van der Waals surface area (Å²) in [7, 11) is 1.40. The SMILES string of the molecule is Cn1cc(C(NC(=O)C(F)(F)F)C(=O)O)nn1. The molecule has 17 heavy (non-hydrogen) atoms. The van der Waals surface area contributed by atoms with E-state index >= 15 is 0 Å². The van der Waals surface area contributed by atoms with Gasteiger partial charge in [-0.15, -0.1) is 5.10 Å². The Bertz CT molecular complexity index is 442. The van der Waals surface area contributed by atoms with E-state index in [4.69, 9.17) is 5.11 Å². The zero-order valence-electron chi connectivity index (χ0n) is 8.39. The van der Waals surface area contributed by atoms with Crippen molar-refractivity contribution in [2.24, 2.45) is 7.05 Å². The van der Waals surface area contributed by atoms with Gasteiger partial charge in [0.25, 0.3) is 0 Å². The van der Waals surface area contributed by atoms with Crippen molar-refractivity contribution in [1.29, 1.82) is 0 Å². The predicted molar refractivity (Wildman–Crippen MR) is 45.6 cm³/mol. The maximum atomic E-state index is 11.9. The van der Waals surface area contributed by atoms with E-state index in [0.717, 1.165) is 10.9 Å². The van der Waals surface area contributed by atoms with E-state index in [1.165, 1.54) is 12.4 Å². The van der Waals surface area contributed by atoms with E-state index in [0.29, 0.717) is 0 Å². The summed E-state index contributed by atoms with van der Waals surface area (Å²) in [6.07, 6.45) is -4.06. The lowest BCUT2D eigenvalue weighted by Crippen LogP contribution is -2.42. The third-order valence-corrected chi connectivity index (χ3v) is 1.70. The number of aromatic nitrogens is 3. The summed E-state index contributed by atoms with van der Waals surface area (Å²) in [5.74, 6) is -4.02. The highest BCUT2D eigenvalue weighted by Crippen LogP contribution is 2.17. The Balaban J connectivity index is 2.89. The number of amides is 1. The Kier molecular flexibility index (Phi) is 3.34. The van der Waals surface area contributed by atoms with Gasteiger partial charge in [0.2, 0.25) is 0 Å². The molecule has 1 aromatic heterocycles. The summed E-state index contributed by atoms with van der Waals surface area (Å²) in [5.41, 5.74) is -0.294. The van der Waals surface area contributed by atoms with Crippen LogP contribution in [0.3, 0.4) is 0 Å². The topological polar surface area (TPSA) is 97.1 Å². The number of hydrogen-bond acceptors (Lipinski definition) is 4. The van der Waals surface area contributed by atoms with Crippen molar-refractivity contribution in [2.75, 3.05) is 0 Å². The number of carboxylic acid groups (broad SMARTS) is 1. The third-order valence-electron chi connectivity index (χ3n) is 1.70. The Morgan fingerprint density at radius 2 is 2.12 bits per heavy atom. The third kappa shape index (κ3) is 3.16. The lowest BCUT2D eigenvalue weighted by molar-refractivity contribution is -0.175. The van der Waals surface area contributed by atoms with Crippen molar-refractivity contribution < 1.29 is 27.9 Å². The molecule has 7 nitrogen and oxygen atoms in total. The molecular weight excluding hydrogens is 245 g/mol. The van der Waals surface area contributed by atoms with Crippen LogP contribution in [0.15, 0.2) is 6.20 Å². The molecule has 0 fully saturated rings. The van der Waals surface area contributed by atoms with Crippen LogP contribution in [-0.4, -0.2) is 38.2 Å². The van der Waals surface area contributed by atoms with Gasteiger partial charge in [-0.25, -0.2) is 4.79 Å². The average Bonchev–Trinajstić information content (AvgIpc) is 2.58. The van der Waals surface area contributed by atoms with E-state index in [2.05, 4.69) is 10.3 Å². The number of carboxylic acids is 1. The summed E-state index contributed by atoms with van der Waals surface area (Å²) in [6, 6.07) is -1.89. The lowest BCUT2D eigenvalue weighted by atomic mass is 10.2. The van der Waals surface area contributed by atoms with Gasteiger partial charge >= 0.3 is 18.1 Å². The zero-order chi connectivity index (χ0) is 13.2. The quantitative estimate of drug-likeness (QED) is 0.764. The molecule has 1 amide bonds. The monoisotopic (exact) mass is 252 g/mol. The van der Waals surface area contributed by atoms with Crippen molar-refractivity contribution in [1.82, 2.24) is 20.3 Å². The van der Waals surface area contributed by atoms with Gasteiger partial charge in [0.05, 0.1) is 6.20 Å². The first-order valence-electron chi connectivity index (χ1n) is 4.18. The number of aryl methyl sites for hydroxylation is 1. The van der Waals surface area contributed by atoms with Crippen molar-refractivity contribution in [3.63, 3.8) is 0 Å². The maximum Gasteiger partial charge on any atom is 0.471 e. The number of halogens is 3. The summed E-state index contributed by atoms with van der Waals surface area (Å²) in [5, 5.41) is 16.7. The standard InChI is InChI=1S/C7H7F3N4O3/c1-14-2-3(12-13-14)4(5(15)16)11-6(17)7(8,9)10/h2,4H,1H3,(H,11,17)(H,15,16). The summed E-state index contributed by atoms with van der Waals surface area (Å²) in [4.78, 5) is 21.3. The largest absolute Gasteiger partial charge is 0.479 e. The highest BCUT2D eigenvalue weighted by molar-refractivity contribution is 5.87. The molecule has 10 heteroatoms. The van der Waals surface area contributed by atoms with Crippen molar-refractivity contribution in [3.8, 4) is 0 Å². The fraction of sp³-hybridized carbons (Fsp3) is 0.429. The van der Waals surface area contributed by atoms with E-state index in [1.807, 2.05) is 0 Å². The molecule has 0 radical (unpaired) electrons. The smallest absolute Gasteiger partial charge is 0.471 e. The maximum absolute atomic E-state index is 11.9. The Morgan fingerprint density at radius 3 is 2.47 bits per heavy atom. The second-order valence-corrected chi connectivity index (χ2v) is 3.06. The minimum absolute atomic E-state index is 0.294. The van der Waals surface area contributed by atoms with Crippen molar-refractivity contribution in [2.45, 2.75) is 12.2 Å². The molecule has 0 aliphatic carbocycles. The number of rotatable bonds is 3. The first-order valence-corrected chi connectivity index (χ1v) is 4.18. The van der Waals surface area contributed by atoms with Gasteiger partial charge in [0.1, 0.15) is 5.69 Å². The molecule has 1 unspecified atom stereocenters. The minimum Gasteiger partial charge on any atom is -0.479 e. The minimum atomic E-state index is -5.16. The molecule has 94 valence electrons. The van der Waals surface area contributed by atoms with Crippen LogP contribution in [0.2, 0.25) is 0 Å². The molecule has 0 saturated carbocycles. The Hall–Kier alpha value is -2.13. The predicted octanol–water partition coefficient (Wildman–Crippen LogP) is -0.381. The second-order valence-electron chi connectivity index (χ2n) is 3.06. The van der Waals surface area contributed by atoms with Crippen LogP contribution in [0.1, 0.15) is 11.7 Å². The second kappa shape index (κ2) is 4.39. The fourth-order valence-electron chi connectivity index (χ4n) is 0.973. The number of carbonyl (C=O) groups excluding carboxylic acids is 1. The van der Waals surface area contributed by atoms with Crippen LogP contribution in [-0.2, 0) is 16.6 Å². The molecule has 1 rings (SSSR count). The molecule has 0 bridgehead atoms. The van der Waals surface area contributed by atoms with E-state index in [1.54, 1.807) is 0 Å². The zero-order valence-corrected chi connectivity index (χ0v) is 8.39. The highest BCUT2D eigenvalue weighted by Gasteiger charge is 2.41. The molecule has 1 atom stereocenters. The fourth-order valence-corrected chi connectivity index (χ4v) is 0.973. The Labute approximate surface area is 92.2 Å². The number of nitrogens with zero attached hydrogens (tertiary/aromatic N) is 3. The van der Waals surface area contributed by atoms with Gasteiger partial charge in [-0.3, -0.25) is 9.48 Å². The molecule has 1 heterocycles. The van der Waals surface area contributed by atoms with Crippen LogP contribution < -0.4 is 5.32 Å². The first-order chi connectivity index (χ1) is 7.71. The molecule has 0 aliphatic rings. The van der Waals surface area contributed by atoms with Crippen molar-refractivity contribution in [3.05, 3.63) is 11.9 Å². The normalized spacial score (nSPS) is 13.2. The lowest BCUT2D eigenvalue weighted by Gasteiger charge is -2.12. The van der Waals surface area contributed by atoms with E-state index in [9.17, 15) is 22.8 Å². The number of hydrogen-bond donors (Lipinski definition) is 2. The molecule has 0 spiro atoms. The van der Waals surface area contributed by atoms with Gasteiger partial charge in [-0.1, -0.05) is 5.21 Å². The van der Waals surface area contributed by atoms with E-state index < -0.39 is 24.1 Å². The van der Waals surface area contributed by atoms with Crippen LogP contribution in [0.4, 0.5) is 13.2 Å². The number of aliphatic carboxylic acids is 1. The van der Waals surface area contributed by atoms with Crippen LogP contribution in [0, 0.1) is 0 Å².